The van der Waals surface area contributed by atoms with Gasteiger partial charge in [0.1, 0.15) is 25.0 Å². The lowest BCUT2D eigenvalue weighted by Crippen LogP contribution is -2.61. The molecule has 3 aliphatic carbocycles. The Morgan fingerprint density at radius 2 is 0.742 bits per heavy atom. The smallest absolute Gasteiger partial charge is 0.222 e. The van der Waals surface area contributed by atoms with E-state index < -0.39 is 182 Å². The van der Waals surface area contributed by atoms with Crippen molar-refractivity contribution in [3.05, 3.63) is 0 Å². The van der Waals surface area contributed by atoms with E-state index in [0.29, 0.717) is 12.8 Å². The largest absolute Gasteiger partial charge is 0.396 e. The summed E-state index contributed by atoms with van der Waals surface area (Å²) in [4.78, 5) is 101. The number of ether oxygens (including phenoxy) is 7. The van der Waals surface area contributed by atoms with Crippen LogP contribution in [0.3, 0.4) is 0 Å². The van der Waals surface area contributed by atoms with Crippen molar-refractivity contribution in [1.82, 2.24) is 42.5 Å². The zero-order valence-corrected chi connectivity index (χ0v) is 52.2. The highest BCUT2D eigenvalue weighted by Crippen LogP contribution is 2.31. The molecule has 3 rings (SSSR count). The third kappa shape index (κ3) is 29.1. The van der Waals surface area contributed by atoms with Crippen LogP contribution < -0.4 is 42.5 Å². The number of rotatable bonds is 41. The Labute approximate surface area is 519 Å². The second-order valence-corrected chi connectivity index (χ2v) is 23.7. The summed E-state index contributed by atoms with van der Waals surface area (Å²) in [7, 11) is 0. The average Bonchev–Trinajstić information content (AvgIpc) is 1.47. The number of nitrogens with one attached hydrogen (secondary N) is 8. The molecule has 3 saturated carbocycles. The number of carbonyl (C=O) groups is 8. The molecule has 0 heterocycles. The second-order valence-electron chi connectivity index (χ2n) is 23.7. The number of aliphatic hydroxyl groups is 9. The maximum absolute atomic E-state index is 13.7. The van der Waals surface area contributed by atoms with Gasteiger partial charge in [0.25, 0.3) is 0 Å². The van der Waals surface area contributed by atoms with Crippen molar-refractivity contribution in [3.8, 4) is 0 Å². The molecule has 0 aromatic rings. The van der Waals surface area contributed by atoms with Gasteiger partial charge in [-0.2, -0.15) is 0 Å². The lowest BCUT2D eigenvalue weighted by atomic mass is 9.79. The molecule has 514 valence electrons. The number of aliphatic hydroxyl groups excluding tert-OH is 9. The molecule has 3 fully saturated rings. The molecule has 0 spiro atoms. The van der Waals surface area contributed by atoms with E-state index >= 15 is 0 Å². The summed E-state index contributed by atoms with van der Waals surface area (Å²) in [5, 5.41) is 114. The Balaban J connectivity index is 1.68. The van der Waals surface area contributed by atoms with Gasteiger partial charge in [0.15, 0.2) is 5.72 Å². The number of carbonyl (C=O) groups excluding carboxylic acids is 8. The van der Waals surface area contributed by atoms with Gasteiger partial charge < -0.3 is 122 Å². The molecule has 0 saturated heterocycles. The summed E-state index contributed by atoms with van der Waals surface area (Å²) in [6, 6.07) is -2.83. The normalized spacial score (nSPS) is 27.7. The molecular weight excluding hydrogens is 1180 g/mol. The van der Waals surface area contributed by atoms with Crippen LogP contribution in [0, 0.1) is 17.8 Å². The lowest BCUT2D eigenvalue weighted by Gasteiger charge is -2.42. The van der Waals surface area contributed by atoms with Crippen molar-refractivity contribution in [3.63, 3.8) is 0 Å². The van der Waals surface area contributed by atoms with Gasteiger partial charge in [-0.15, -0.1) is 0 Å². The van der Waals surface area contributed by atoms with Crippen LogP contribution in [0.2, 0.25) is 0 Å². The quantitative estimate of drug-likeness (QED) is 0.0200. The van der Waals surface area contributed by atoms with Gasteiger partial charge in [-0.1, -0.05) is 0 Å². The van der Waals surface area contributed by atoms with E-state index in [1.807, 2.05) is 0 Å². The summed E-state index contributed by atoms with van der Waals surface area (Å²) in [5.74, 6) is -6.04. The van der Waals surface area contributed by atoms with Crippen molar-refractivity contribution in [1.29, 1.82) is 0 Å². The van der Waals surface area contributed by atoms with E-state index in [1.165, 1.54) is 20.8 Å². The zero-order chi connectivity index (χ0) is 66.3. The first-order chi connectivity index (χ1) is 42.1. The van der Waals surface area contributed by atoms with Gasteiger partial charge in [-0.25, -0.2) is 0 Å². The third-order valence-electron chi connectivity index (χ3n) is 15.2. The van der Waals surface area contributed by atoms with Crippen molar-refractivity contribution < 1.29 is 117 Å². The molecule has 17 N–H and O–H groups in total. The zero-order valence-electron chi connectivity index (χ0n) is 52.2. The van der Waals surface area contributed by atoms with Gasteiger partial charge in [-0.3, -0.25) is 38.4 Å². The van der Waals surface area contributed by atoms with E-state index in [4.69, 9.17) is 33.2 Å². The minimum atomic E-state index is -1.90. The Morgan fingerprint density at radius 1 is 0.416 bits per heavy atom. The standard InChI is InChI=1S/C57H102N8O24/c1-33(69)62-47-39(24-36(27-66)50(77)53(47)80)85-18-7-15-58-43(73)12-21-83-30-57(65-46(76)11-10-42(72)61-32-89-56(4,5)6,88-23-14-45(75)60-17-9-20-87-41-26-38(29-68)52(79)55(82)49(41)64-35(3)71)31-84-22-13-44(74)59-16-8-19-86-40-25-37(28-67)51(78)54(81)48(40)63-34(2)70/h36-41,47-55,66-68,77-82H,7-32H2,1-6H3,(H,58,73)(H,59,74)(H,60,75)(H,61,72)(H,62,69)(H,63,70)(H,64,71)(H,65,76)/t36?,37?,38?,39-,40-,41-,47?,48?,49?,50+,51+,52+,53-,54-,55-,57?/m1/s1. The Hall–Kier alpha value is -4.88. The molecule has 0 aliphatic heterocycles. The SMILES string of the molecule is CC(=O)NC1[C@@H](O)[C@@H](O)C(CO)C[C@H]1OCCCNC(=O)CCOCC(COCCC(=O)NCCCO[C@@H]1CC(CO)[C@H](O)[C@H](O)C1NC(C)=O)(NC(=O)CCC(=O)NCOC(C)(C)C)OCCC(=O)NCCCO[C@@H]1CC(CO)[C@H](O)[C@H](O)C1NC(C)=O. The Kier molecular flexibility index (Phi) is 36.0. The van der Waals surface area contributed by atoms with Crippen LogP contribution >= 0.6 is 0 Å². The minimum absolute atomic E-state index is 0.0575. The molecule has 3 aliphatic rings. The van der Waals surface area contributed by atoms with E-state index in [9.17, 15) is 84.3 Å². The van der Waals surface area contributed by atoms with Gasteiger partial charge >= 0.3 is 0 Å². The molecule has 89 heavy (non-hydrogen) atoms. The third-order valence-corrected chi connectivity index (χ3v) is 15.2. The monoisotopic (exact) mass is 1280 g/mol. The van der Waals surface area contributed by atoms with Crippen molar-refractivity contribution in [2.75, 3.05) is 99.0 Å². The molecule has 6 unspecified atom stereocenters. The van der Waals surface area contributed by atoms with E-state index in [1.54, 1.807) is 20.8 Å². The van der Waals surface area contributed by atoms with Crippen molar-refractivity contribution in [2.45, 2.75) is 197 Å². The highest BCUT2D eigenvalue weighted by atomic mass is 16.6. The summed E-state index contributed by atoms with van der Waals surface area (Å²) >= 11 is 0. The van der Waals surface area contributed by atoms with Gasteiger partial charge in [0.2, 0.25) is 47.3 Å². The summed E-state index contributed by atoms with van der Waals surface area (Å²) < 4.78 is 41.4. The van der Waals surface area contributed by atoms with Gasteiger partial charge in [-0.05, 0) is 59.3 Å². The first-order valence-corrected chi connectivity index (χ1v) is 30.5. The maximum atomic E-state index is 13.7. The second kappa shape index (κ2) is 40.9. The summed E-state index contributed by atoms with van der Waals surface area (Å²) in [5.41, 5.74) is -2.46. The van der Waals surface area contributed by atoms with Crippen LogP contribution in [-0.2, 0) is 71.5 Å². The van der Waals surface area contributed by atoms with E-state index in [2.05, 4.69) is 42.5 Å². The molecule has 8 amide bonds. The van der Waals surface area contributed by atoms with Crippen LogP contribution in [0.4, 0.5) is 0 Å². The van der Waals surface area contributed by atoms with Crippen LogP contribution in [0.1, 0.15) is 112 Å². The molecule has 0 radical (unpaired) electrons. The Bertz CT molecular complexity index is 2090. The minimum Gasteiger partial charge on any atom is -0.396 e. The van der Waals surface area contributed by atoms with E-state index in [-0.39, 0.29) is 124 Å². The van der Waals surface area contributed by atoms with Crippen LogP contribution in [-0.4, -0.2) is 277 Å². The summed E-state index contributed by atoms with van der Waals surface area (Å²) in [6.07, 6.45) is -10.3. The average molecular weight is 1280 g/mol. The highest BCUT2D eigenvalue weighted by molar-refractivity contribution is 5.84. The fourth-order valence-electron chi connectivity index (χ4n) is 10.4. The molecule has 15 atom stereocenters. The van der Waals surface area contributed by atoms with Crippen LogP contribution in [0.15, 0.2) is 0 Å². The van der Waals surface area contributed by atoms with Crippen molar-refractivity contribution >= 4 is 47.3 Å². The van der Waals surface area contributed by atoms with Crippen LogP contribution in [0.5, 0.6) is 0 Å². The fraction of sp³-hybridized carbons (Fsp3) is 0.860. The first kappa shape index (κ1) is 78.4. The number of hydrogen-bond donors (Lipinski definition) is 17. The molecule has 0 bridgehead atoms. The predicted molar refractivity (Wildman–Crippen MR) is 312 cm³/mol. The lowest BCUT2D eigenvalue weighted by molar-refractivity contribution is -0.168. The predicted octanol–water partition coefficient (Wildman–Crippen LogP) is -5.92. The molecule has 32 nitrogen and oxygen atoms in total. The first-order valence-electron chi connectivity index (χ1n) is 30.5. The van der Waals surface area contributed by atoms with E-state index in [0.717, 1.165) is 0 Å². The van der Waals surface area contributed by atoms with Crippen LogP contribution in [0.25, 0.3) is 0 Å². The van der Waals surface area contributed by atoms with Gasteiger partial charge in [0.05, 0.1) is 99.8 Å². The fourth-order valence-corrected chi connectivity index (χ4v) is 10.4. The van der Waals surface area contributed by atoms with Crippen molar-refractivity contribution in [2.24, 2.45) is 17.8 Å². The highest BCUT2D eigenvalue weighted by Gasteiger charge is 2.47. The molecule has 0 aromatic carbocycles. The number of hydrogen-bond acceptors (Lipinski definition) is 24. The molecular formula is C57H102N8O24. The molecule has 0 aromatic heterocycles. The topological polar surface area (TPSA) is 479 Å². The maximum Gasteiger partial charge on any atom is 0.222 e. The van der Waals surface area contributed by atoms with Gasteiger partial charge in [0, 0.05) is 123 Å². The Morgan fingerprint density at radius 3 is 1.07 bits per heavy atom. The molecule has 32 heteroatoms. The summed E-state index contributed by atoms with van der Waals surface area (Å²) in [6.45, 7) is 6.58. The number of amides is 8.